The Hall–Kier alpha value is -3.18. The average Bonchev–Trinajstić information content (AvgIpc) is 2.76. The van der Waals surface area contributed by atoms with Crippen molar-refractivity contribution in [1.29, 1.82) is 0 Å². The largest absolute Gasteiger partial charge is 0.378 e. The number of likely N-dealkylation sites (N-methyl/N-ethyl adjacent to an activating group) is 1. The number of nitrogens with zero attached hydrogens (tertiary/aromatic N) is 5. The van der Waals surface area contributed by atoms with Gasteiger partial charge in [0.05, 0.1) is 0 Å². The second kappa shape index (κ2) is 8.06. The van der Waals surface area contributed by atoms with Crippen molar-refractivity contribution in [2.75, 3.05) is 38.1 Å². The summed E-state index contributed by atoms with van der Waals surface area (Å²) in [7, 11) is 0.614. The van der Waals surface area contributed by atoms with E-state index < -0.39 is 21.4 Å². The fourth-order valence-corrected chi connectivity index (χ4v) is 4.58. The first kappa shape index (κ1) is 22.0. The standard InChI is InChI=1S/C21H25N5O5S/c1-14-5-7-15(8-6-14)32(29,30)31-16-13-17(26-11-9-23(2)10-12-26)22-19-18(16)20(27)25(4)21(28)24(19)3/h5-8,13H,9-12H2,1-4H3. The zero-order valence-electron chi connectivity index (χ0n) is 18.4. The molecule has 0 bridgehead atoms. The van der Waals surface area contributed by atoms with E-state index in [9.17, 15) is 18.0 Å². The second-order valence-electron chi connectivity index (χ2n) is 8.02. The van der Waals surface area contributed by atoms with E-state index in [1.54, 1.807) is 12.1 Å². The van der Waals surface area contributed by atoms with Gasteiger partial charge in [0.15, 0.2) is 11.4 Å². The van der Waals surface area contributed by atoms with Crippen molar-refractivity contribution in [2.24, 2.45) is 14.1 Å². The van der Waals surface area contributed by atoms with Crippen LogP contribution in [0.4, 0.5) is 5.82 Å². The normalized spacial score (nSPS) is 15.3. The molecule has 3 heterocycles. The van der Waals surface area contributed by atoms with E-state index in [-0.39, 0.29) is 21.7 Å². The van der Waals surface area contributed by atoms with Gasteiger partial charge < -0.3 is 14.0 Å². The maximum atomic E-state index is 13.0. The highest BCUT2D eigenvalue weighted by atomic mass is 32.2. The molecule has 1 fully saturated rings. The summed E-state index contributed by atoms with van der Waals surface area (Å²) in [6.07, 6.45) is 0. The van der Waals surface area contributed by atoms with E-state index in [0.717, 1.165) is 23.2 Å². The summed E-state index contributed by atoms with van der Waals surface area (Å²) in [5.74, 6) is 0.295. The summed E-state index contributed by atoms with van der Waals surface area (Å²) >= 11 is 0. The van der Waals surface area contributed by atoms with Crippen LogP contribution in [-0.2, 0) is 24.2 Å². The van der Waals surface area contributed by atoms with Gasteiger partial charge in [0.25, 0.3) is 5.56 Å². The quantitative estimate of drug-likeness (QED) is 0.518. The Balaban J connectivity index is 1.92. The summed E-state index contributed by atoms with van der Waals surface area (Å²) in [5.41, 5.74) is -0.254. The van der Waals surface area contributed by atoms with Gasteiger partial charge in [-0.25, -0.2) is 9.78 Å². The average molecular weight is 460 g/mol. The Morgan fingerprint density at radius 2 is 1.56 bits per heavy atom. The zero-order chi connectivity index (χ0) is 23.2. The van der Waals surface area contributed by atoms with Crippen LogP contribution in [0.2, 0.25) is 0 Å². The Morgan fingerprint density at radius 1 is 0.938 bits per heavy atom. The predicted molar refractivity (Wildman–Crippen MR) is 121 cm³/mol. The maximum Gasteiger partial charge on any atom is 0.339 e. The van der Waals surface area contributed by atoms with Crippen molar-refractivity contribution in [2.45, 2.75) is 11.8 Å². The number of hydrogen-bond acceptors (Lipinski definition) is 8. The number of piperazine rings is 1. The van der Waals surface area contributed by atoms with Crippen LogP contribution in [0.15, 0.2) is 44.8 Å². The van der Waals surface area contributed by atoms with Crippen molar-refractivity contribution < 1.29 is 12.6 Å². The van der Waals surface area contributed by atoms with Crippen LogP contribution in [0.5, 0.6) is 5.75 Å². The van der Waals surface area contributed by atoms with Crippen molar-refractivity contribution >= 4 is 27.0 Å². The molecule has 0 saturated carbocycles. The molecule has 1 aliphatic rings. The van der Waals surface area contributed by atoms with Gasteiger partial charge in [0.1, 0.15) is 16.1 Å². The molecule has 1 aromatic carbocycles. The van der Waals surface area contributed by atoms with Crippen LogP contribution in [0.25, 0.3) is 11.0 Å². The lowest BCUT2D eigenvalue weighted by Gasteiger charge is -2.33. The Labute approximate surface area is 185 Å². The van der Waals surface area contributed by atoms with Crippen LogP contribution < -0.4 is 20.3 Å². The number of hydrogen-bond donors (Lipinski definition) is 0. The predicted octanol–water partition coefficient (Wildman–Crippen LogP) is 0.460. The number of anilines is 1. The van der Waals surface area contributed by atoms with Crippen LogP contribution in [-0.4, -0.2) is 60.7 Å². The second-order valence-corrected chi connectivity index (χ2v) is 9.57. The van der Waals surface area contributed by atoms with E-state index >= 15 is 0 Å². The summed E-state index contributed by atoms with van der Waals surface area (Å²) in [5, 5.41) is -0.0665. The van der Waals surface area contributed by atoms with Gasteiger partial charge in [-0.05, 0) is 26.1 Å². The minimum absolute atomic E-state index is 0.0316. The highest BCUT2D eigenvalue weighted by Crippen LogP contribution is 2.29. The SMILES string of the molecule is Cc1ccc(S(=O)(=O)Oc2cc(N3CCN(C)CC3)nc3c2c(=O)n(C)c(=O)n3C)cc1. The topological polar surface area (TPSA) is 107 Å². The zero-order valence-corrected chi connectivity index (χ0v) is 19.2. The minimum atomic E-state index is -4.22. The number of fused-ring (bicyclic) bond motifs is 1. The van der Waals surface area contributed by atoms with E-state index in [4.69, 9.17) is 4.18 Å². The van der Waals surface area contributed by atoms with Crippen LogP contribution >= 0.6 is 0 Å². The lowest BCUT2D eigenvalue weighted by molar-refractivity contribution is 0.312. The van der Waals surface area contributed by atoms with Gasteiger partial charge >= 0.3 is 15.8 Å². The number of benzene rings is 1. The lowest BCUT2D eigenvalue weighted by atomic mass is 10.2. The molecule has 10 nitrogen and oxygen atoms in total. The van der Waals surface area contributed by atoms with Crippen LogP contribution in [0, 0.1) is 6.92 Å². The van der Waals surface area contributed by atoms with Crippen molar-refractivity contribution in [3.63, 3.8) is 0 Å². The molecule has 0 unspecified atom stereocenters. The Kier molecular flexibility index (Phi) is 5.55. The third-order valence-corrected chi connectivity index (χ3v) is 6.95. The fourth-order valence-electron chi connectivity index (χ4n) is 3.64. The van der Waals surface area contributed by atoms with Gasteiger partial charge in [-0.2, -0.15) is 8.42 Å². The van der Waals surface area contributed by atoms with Crippen molar-refractivity contribution in [3.05, 3.63) is 56.7 Å². The minimum Gasteiger partial charge on any atom is -0.378 e. The molecule has 0 spiro atoms. The fraction of sp³-hybridized carbons (Fsp3) is 0.381. The van der Waals surface area contributed by atoms with E-state index in [0.29, 0.717) is 18.9 Å². The molecule has 11 heteroatoms. The molecule has 1 saturated heterocycles. The summed E-state index contributed by atoms with van der Waals surface area (Å²) in [6.45, 7) is 4.77. The number of rotatable bonds is 4. The molecule has 0 atom stereocenters. The van der Waals surface area contributed by atoms with Crippen molar-refractivity contribution in [3.8, 4) is 5.75 Å². The van der Waals surface area contributed by atoms with Gasteiger partial charge in [0, 0.05) is 46.3 Å². The van der Waals surface area contributed by atoms with E-state index in [2.05, 4.69) is 9.88 Å². The monoisotopic (exact) mass is 459 g/mol. The third kappa shape index (κ3) is 3.89. The Morgan fingerprint density at radius 3 is 2.19 bits per heavy atom. The van der Waals surface area contributed by atoms with E-state index in [1.165, 1.54) is 36.9 Å². The van der Waals surface area contributed by atoms with Crippen LogP contribution in [0.3, 0.4) is 0 Å². The first-order valence-electron chi connectivity index (χ1n) is 10.1. The number of aromatic nitrogens is 3. The highest BCUT2D eigenvalue weighted by Gasteiger charge is 2.25. The van der Waals surface area contributed by atoms with E-state index in [1.807, 2.05) is 18.9 Å². The molecular formula is C21H25N5O5S. The molecule has 3 aromatic rings. The number of aryl methyl sites for hydroxylation is 2. The van der Waals surface area contributed by atoms with Gasteiger partial charge in [-0.1, -0.05) is 17.7 Å². The van der Waals surface area contributed by atoms with Crippen LogP contribution in [0.1, 0.15) is 5.56 Å². The molecule has 0 radical (unpaired) electrons. The molecule has 0 amide bonds. The summed E-state index contributed by atoms with van der Waals surface area (Å²) < 4.78 is 33.6. The molecular weight excluding hydrogens is 434 g/mol. The summed E-state index contributed by atoms with van der Waals surface area (Å²) in [6, 6.07) is 7.69. The highest BCUT2D eigenvalue weighted by molar-refractivity contribution is 7.87. The smallest absolute Gasteiger partial charge is 0.339 e. The maximum absolute atomic E-state index is 13.0. The first-order chi connectivity index (χ1) is 15.1. The van der Waals surface area contributed by atoms with Gasteiger partial charge in [-0.15, -0.1) is 0 Å². The molecule has 0 aliphatic carbocycles. The van der Waals surface area contributed by atoms with Crippen molar-refractivity contribution in [1.82, 2.24) is 19.0 Å². The number of pyridine rings is 1. The third-order valence-electron chi connectivity index (χ3n) is 5.70. The first-order valence-corrected chi connectivity index (χ1v) is 11.5. The Bertz CT molecular complexity index is 1400. The van der Waals surface area contributed by atoms with Gasteiger partial charge in [0.2, 0.25) is 0 Å². The molecule has 0 N–H and O–H groups in total. The molecule has 32 heavy (non-hydrogen) atoms. The molecule has 2 aromatic heterocycles. The lowest BCUT2D eigenvalue weighted by Crippen LogP contribution is -2.45. The molecule has 4 rings (SSSR count). The molecule has 170 valence electrons. The molecule has 1 aliphatic heterocycles. The van der Waals surface area contributed by atoms with Gasteiger partial charge in [-0.3, -0.25) is 13.9 Å². The summed E-state index contributed by atoms with van der Waals surface area (Å²) in [4.78, 5) is 34.1.